The molecule has 0 bridgehead atoms. The standard InChI is InChI=1S/C10H12Br2N2O2/c1-16-5-7(6-2-3-6)14-4-8(11)13-9(12)10(14)15/h4,6-7H,2-3,5H2,1H3. The van der Waals surface area contributed by atoms with Crippen molar-refractivity contribution in [2.45, 2.75) is 18.9 Å². The summed E-state index contributed by atoms with van der Waals surface area (Å²) in [5.74, 6) is 0.554. The number of aromatic nitrogens is 2. The maximum absolute atomic E-state index is 11.9. The van der Waals surface area contributed by atoms with Crippen LogP contribution in [-0.2, 0) is 4.74 Å². The second-order valence-electron chi connectivity index (χ2n) is 3.93. The first-order valence-corrected chi connectivity index (χ1v) is 6.65. The van der Waals surface area contributed by atoms with Gasteiger partial charge >= 0.3 is 0 Å². The third-order valence-corrected chi connectivity index (χ3v) is 3.62. The van der Waals surface area contributed by atoms with Crippen molar-refractivity contribution < 1.29 is 4.74 Å². The van der Waals surface area contributed by atoms with Crippen molar-refractivity contribution in [2.75, 3.05) is 13.7 Å². The monoisotopic (exact) mass is 350 g/mol. The molecular weight excluding hydrogens is 340 g/mol. The van der Waals surface area contributed by atoms with Crippen LogP contribution in [0.4, 0.5) is 0 Å². The van der Waals surface area contributed by atoms with Gasteiger partial charge in [0.05, 0.1) is 12.6 Å². The van der Waals surface area contributed by atoms with E-state index in [0.29, 0.717) is 21.7 Å². The Balaban J connectivity index is 2.39. The quantitative estimate of drug-likeness (QED) is 0.836. The Morgan fingerprint density at radius 1 is 1.62 bits per heavy atom. The lowest BCUT2D eigenvalue weighted by Crippen LogP contribution is -2.29. The summed E-state index contributed by atoms with van der Waals surface area (Å²) in [5, 5.41) is 0. The Morgan fingerprint density at radius 2 is 2.31 bits per heavy atom. The topological polar surface area (TPSA) is 44.1 Å². The van der Waals surface area contributed by atoms with Crippen molar-refractivity contribution in [1.29, 1.82) is 0 Å². The smallest absolute Gasteiger partial charge is 0.284 e. The maximum Gasteiger partial charge on any atom is 0.284 e. The molecule has 4 nitrogen and oxygen atoms in total. The molecule has 0 radical (unpaired) electrons. The molecular formula is C10H12Br2N2O2. The minimum atomic E-state index is -0.0999. The van der Waals surface area contributed by atoms with Crippen molar-refractivity contribution in [2.24, 2.45) is 5.92 Å². The van der Waals surface area contributed by atoms with Crippen LogP contribution in [0.5, 0.6) is 0 Å². The lowest BCUT2D eigenvalue weighted by atomic mass is 10.2. The van der Waals surface area contributed by atoms with Gasteiger partial charge in [-0.1, -0.05) is 0 Å². The van der Waals surface area contributed by atoms with Gasteiger partial charge in [-0.3, -0.25) is 4.79 Å². The molecule has 1 aliphatic rings. The summed E-state index contributed by atoms with van der Waals surface area (Å²) in [4.78, 5) is 16.0. The Bertz CT molecular complexity index is 443. The molecule has 0 N–H and O–H groups in total. The van der Waals surface area contributed by atoms with E-state index in [-0.39, 0.29) is 11.6 Å². The Kier molecular flexibility index (Phi) is 3.81. The van der Waals surface area contributed by atoms with E-state index in [1.54, 1.807) is 17.9 Å². The highest BCUT2D eigenvalue weighted by Gasteiger charge is 2.33. The number of ether oxygens (including phenoxy) is 1. The summed E-state index contributed by atoms with van der Waals surface area (Å²) >= 11 is 6.46. The molecule has 16 heavy (non-hydrogen) atoms. The van der Waals surface area contributed by atoms with Gasteiger partial charge in [0.25, 0.3) is 5.56 Å². The van der Waals surface area contributed by atoms with E-state index in [2.05, 4.69) is 36.8 Å². The molecule has 1 aliphatic carbocycles. The maximum atomic E-state index is 11.9. The van der Waals surface area contributed by atoms with Crippen molar-refractivity contribution in [1.82, 2.24) is 9.55 Å². The number of hydrogen-bond donors (Lipinski definition) is 0. The summed E-state index contributed by atoms with van der Waals surface area (Å²) in [5.41, 5.74) is -0.0999. The third-order valence-electron chi connectivity index (χ3n) is 2.72. The van der Waals surface area contributed by atoms with Crippen LogP contribution in [0.25, 0.3) is 0 Å². The highest BCUT2D eigenvalue weighted by Crippen LogP contribution is 2.39. The molecule has 1 saturated carbocycles. The molecule has 1 unspecified atom stereocenters. The second-order valence-corrected chi connectivity index (χ2v) is 5.49. The van der Waals surface area contributed by atoms with Crippen molar-refractivity contribution in [3.8, 4) is 0 Å². The van der Waals surface area contributed by atoms with Crippen LogP contribution in [0, 0.1) is 5.92 Å². The van der Waals surface area contributed by atoms with E-state index in [4.69, 9.17) is 4.74 Å². The van der Waals surface area contributed by atoms with Crippen LogP contribution in [0.3, 0.4) is 0 Å². The predicted octanol–water partition coefficient (Wildman–Crippen LogP) is 2.37. The van der Waals surface area contributed by atoms with E-state index in [1.165, 1.54) is 0 Å². The van der Waals surface area contributed by atoms with Gasteiger partial charge in [0.2, 0.25) is 0 Å². The summed E-state index contributed by atoms with van der Waals surface area (Å²) in [6.07, 6.45) is 4.06. The number of nitrogens with zero attached hydrogens (tertiary/aromatic N) is 2. The fourth-order valence-electron chi connectivity index (χ4n) is 1.79. The van der Waals surface area contributed by atoms with Crippen LogP contribution >= 0.6 is 31.9 Å². The van der Waals surface area contributed by atoms with E-state index in [0.717, 1.165) is 12.8 Å². The zero-order valence-corrected chi connectivity index (χ0v) is 12.0. The Morgan fingerprint density at radius 3 is 2.88 bits per heavy atom. The molecule has 1 fully saturated rings. The number of methoxy groups -OCH3 is 1. The molecule has 1 heterocycles. The number of halogens is 2. The molecule has 0 amide bonds. The summed E-state index contributed by atoms with van der Waals surface area (Å²) in [6, 6.07) is 0.119. The molecule has 2 rings (SSSR count). The van der Waals surface area contributed by atoms with Crippen LogP contribution in [0.1, 0.15) is 18.9 Å². The molecule has 1 aromatic rings. The van der Waals surface area contributed by atoms with Gasteiger partial charge in [0.1, 0.15) is 4.60 Å². The number of hydrogen-bond acceptors (Lipinski definition) is 3. The van der Waals surface area contributed by atoms with Crippen LogP contribution < -0.4 is 5.56 Å². The zero-order chi connectivity index (χ0) is 11.7. The first-order valence-electron chi connectivity index (χ1n) is 5.06. The molecule has 0 aliphatic heterocycles. The molecule has 0 aromatic carbocycles. The summed E-state index contributed by atoms with van der Waals surface area (Å²) in [7, 11) is 1.66. The Hall–Kier alpha value is -0.200. The van der Waals surface area contributed by atoms with Gasteiger partial charge in [-0.15, -0.1) is 0 Å². The van der Waals surface area contributed by atoms with Gasteiger partial charge in [-0.05, 0) is 50.6 Å². The zero-order valence-electron chi connectivity index (χ0n) is 8.82. The second kappa shape index (κ2) is 4.98. The summed E-state index contributed by atoms with van der Waals surface area (Å²) < 4.78 is 7.88. The predicted molar refractivity (Wildman–Crippen MR) is 67.5 cm³/mol. The summed E-state index contributed by atoms with van der Waals surface area (Å²) in [6.45, 7) is 0.563. The first kappa shape index (κ1) is 12.3. The lowest BCUT2D eigenvalue weighted by Gasteiger charge is -2.18. The lowest BCUT2D eigenvalue weighted by molar-refractivity contribution is 0.143. The molecule has 88 valence electrons. The van der Waals surface area contributed by atoms with Crippen molar-refractivity contribution in [3.63, 3.8) is 0 Å². The average molecular weight is 352 g/mol. The van der Waals surface area contributed by atoms with E-state index in [1.807, 2.05) is 0 Å². The van der Waals surface area contributed by atoms with Crippen LogP contribution in [-0.4, -0.2) is 23.3 Å². The molecule has 1 aromatic heterocycles. The fourth-order valence-corrected chi connectivity index (χ4v) is 2.82. The van der Waals surface area contributed by atoms with Gasteiger partial charge in [-0.25, -0.2) is 4.98 Å². The average Bonchev–Trinajstić information content (AvgIpc) is 3.04. The minimum Gasteiger partial charge on any atom is -0.383 e. The molecule has 0 spiro atoms. The largest absolute Gasteiger partial charge is 0.383 e. The van der Waals surface area contributed by atoms with E-state index < -0.39 is 0 Å². The minimum absolute atomic E-state index is 0.0999. The normalized spacial score (nSPS) is 17.4. The van der Waals surface area contributed by atoms with E-state index in [9.17, 15) is 4.79 Å². The van der Waals surface area contributed by atoms with Gasteiger partial charge in [-0.2, -0.15) is 0 Å². The van der Waals surface area contributed by atoms with Crippen LogP contribution in [0.15, 0.2) is 20.2 Å². The number of rotatable bonds is 4. The van der Waals surface area contributed by atoms with Crippen molar-refractivity contribution >= 4 is 31.9 Å². The highest BCUT2D eigenvalue weighted by molar-refractivity contribution is 9.11. The van der Waals surface area contributed by atoms with Crippen molar-refractivity contribution in [3.05, 3.63) is 25.8 Å². The fraction of sp³-hybridized carbons (Fsp3) is 0.600. The highest BCUT2D eigenvalue weighted by atomic mass is 79.9. The molecule has 1 atom stereocenters. The van der Waals surface area contributed by atoms with Gasteiger partial charge in [0.15, 0.2) is 4.60 Å². The molecule has 0 saturated heterocycles. The Labute approximate surface area is 110 Å². The first-order chi connectivity index (χ1) is 7.63. The van der Waals surface area contributed by atoms with Gasteiger partial charge in [0, 0.05) is 13.3 Å². The van der Waals surface area contributed by atoms with Gasteiger partial charge < -0.3 is 9.30 Å². The third kappa shape index (κ3) is 2.55. The van der Waals surface area contributed by atoms with E-state index >= 15 is 0 Å². The van der Waals surface area contributed by atoms with Crippen LogP contribution in [0.2, 0.25) is 0 Å². The molecule has 6 heteroatoms. The SMILES string of the molecule is COCC(C1CC1)n1cc(Br)nc(Br)c1=O.